The van der Waals surface area contributed by atoms with Gasteiger partial charge in [-0.1, -0.05) is 11.8 Å². The van der Waals surface area contributed by atoms with Crippen molar-refractivity contribution in [3.8, 4) is 11.6 Å². The van der Waals surface area contributed by atoms with Crippen LogP contribution in [-0.2, 0) is 29.2 Å². The lowest BCUT2D eigenvalue weighted by Crippen LogP contribution is -2.30. The molecular formula is C22H25N7O3S. The van der Waals surface area contributed by atoms with Crippen molar-refractivity contribution in [3.63, 3.8) is 0 Å². The molecule has 172 valence electrons. The van der Waals surface area contributed by atoms with E-state index in [1.807, 2.05) is 24.6 Å². The molecule has 0 unspecified atom stereocenters. The van der Waals surface area contributed by atoms with Crippen LogP contribution in [-0.4, -0.2) is 51.5 Å². The highest BCUT2D eigenvalue weighted by Gasteiger charge is 2.22. The Bertz CT molecular complexity index is 1260. The van der Waals surface area contributed by atoms with Crippen LogP contribution in [0.2, 0.25) is 0 Å². The summed E-state index contributed by atoms with van der Waals surface area (Å²) in [5.41, 5.74) is 11.9. The Kier molecular flexibility index (Phi) is 6.18. The van der Waals surface area contributed by atoms with Gasteiger partial charge < -0.3 is 4.42 Å². The first-order chi connectivity index (χ1) is 16.2. The van der Waals surface area contributed by atoms with E-state index in [0.717, 1.165) is 47.3 Å². The van der Waals surface area contributed by atoms with Crippen LogP contribution in [0.5, 0.6) is 0 Å². The third-order valence-electron chi connectivity index (χ3n) is 5.58. The molecule has 0 atom stereocenters. The number of furan rings is 1. The zero-order valence-corrected chi connectivity index (χ0v) is 19.5. The molecule has 4 aromatic rings. The maximum atomic E-state index is 5.50. The molecule has 0 spiro atoms. The van der Waals surface area contributed by atoms with E-state index in [-0.39, 0.29) is 0 Å². The van der Waals surface area contributed by atoms with Gasteiger partial charge in [-0.3, -0.25) is 25.5 Å². The van der Waals surface area contributed by atoms with Gasteiger partial charge >= 0.3 is 0 Å². The highest BCUT2D eigenvalue weighted by Crippen LogP contribution is 2.31. The molecule has 0 fully saturated rings. The summed E-state index contributed by atoms with van der Waals surface area (Å²) in [5.74, 6) is 1.20. The highest BCUT2D eigenvalue weighted by molar-refractivity contribution is 7.98. The Labute approximate surface area is 195 Å². The summed E-state index contributed by atoms with van der Waals surface area (Å²) < 4.78 is 7.31. The van der Waals surface area contributed by atoms with Crippen LogP contribution in [0, 0.1) is 0 Å². The number of nitrogens with zero attached hydrogens (tertiary/aromatic N) is 5. The second-order valence-corrected chi connectivity index (χ2v) is 8.43. The maximum Gasteiger partial charge on any atom is 0.218 e. The van der Waals surface area contributed by atoms with Crippen molar-refractivity contribution in [1.82, 2.24) is 24.5 Å². The van der Waals surface area contributed by atoms with Gasteiger partial charge in [-0.05, 0) is 48.1 Å². The number of hydrogen-bond acceptors (Lipinski definition) is 10. The minimum absolute atomic E-state index is 0.557. The van der Waals surface area contributed by atoms with Crippen LogP contribution in [0.25, 0.3) is 17.2 Å². The summed E-state index contributed by atoms with van der Waals surface area (Å²) in [6.07, 6.45) is 6.44. The van der Waals surface area contributed by atoms with Gasteiger partial charge in [0.05, 0.1) is 31.9 Å². The zero-order chi connectivity index (χ0) is 22.8. The molecule has 4 heterocycles. The summed E-state index contributed by atoms with van der Waals surface area (Å²) in [4.78, 5) is 22.0. The van der Waals surface area contributed by atoms with Crippen molar-refractivity contribution in [1.29, 1.82) is 0 Å². The number of anilines is 2. The number of rotatable bonds is 8. The lowest BCUT2D eigenvalue weighted by Gasteiger charge is -2.30. The van der Waals surface area contributed by atoms with Gasteiger partial charge in [0.2, 0.25) is 5.82 Å². The van der Waals surface area contributed by atoms with E-state index in [4.69, 9.17) is 19.1 Å². The molecule has 11 heteroatoms. The molecule has 1 aliphatic heterocycles. The van der Waals surface area contributed by atoms with Crippen molar-refractivity contribution in [2.45, 2.75) is 24.7 Å². The van der Waals surface area contributed by atoms with Gasteiger partial charge in [0.15, 0.2) is 16.6 Å². The second kappa shape index (κ2) is 9.40. The standard InChI is InChI=1S/C22H25N7O3S/c1-30-26-17-9-14-6-7-28(12-15(14)10-18(17)27-31-2)13-16-11-23-22(33-3)29-21(16)24-20(25-29)19-5-4-8-32-19/h4-5,8-11,26-27H,6-7,12-13H2,1-3H3. The van der Waals surface area contributed by atoms with E-state index in [9.17, 15) is 0 Å². The normalized spacial score (nSPS) is 13.9. The van der Waals surface area contributed by atoms with Crippen LogP contribution < -0.4 is 11.0 Å². The number of benzene rings is 1. The Morgan fingerprint density at radius 2 is 1.94 bits per heavy atom. The van der Waals surface area contributed by atoms with Gasteiger partial charge in [-0.25, -0.2) is 9.97 Å². The van der Waals surface area contributed by atoms with E-state index >= 15 is 0 Å². The van der Waals surface area contributed by atoms with Crippen molar-refractivity contribution in [3.05, 3.63) is 53.4 Å². The Morgan fingerprint density at radius 3 is 2.64 bits per heavy atom. The summed E-state index contributed by atoms with van der Waals surface area (Å²) in [5, 5.41) is 5.43. The predicted octanol–water partition coefficient (Wildman–Crippen LogP) is 3.61. The van der Waals surface area contributed by atoms with Crippen molar-refractivity contribution < 1.29 is 14.1 Å². The minimum atomic E-state index is 0.557. The summed E-state index contributed by atoms with van der Waals surface area (Å²) in [7, 11) is 3.19. The first-order valence-electron chi connectivity index (χ1n) is 10.5. The van der Waals surface area contributed by atoms with Crippen LogP contribution in [0.4, 0.5) is 11.4 Å². The van der Waals surface area contributed by atoms with Crippen molar-refractivity contribution in [2.75, 3.05) is 38.0 Å². The molecular weight excluding hydrogens is 442 g/mol. The summed E-state index contributed by atoms with van der Waals surface area (Å²) >= 11 is 1.54. The Hall–Kier alpha value is -3.12. The SMILES string of the molecule is CONc1cc2c(cc1NOC)CN(Cc1cnc(SC)n3nc(-c4ccco4)nc13)CC2. The number of thioether (sulfide) groups is 1. The molecule has 5 rings (SSSR count). The van der Waals surface area contributed by atoms with E-state index in [1.54, 1.807) is 25.0 Å². The smallest absolute Gasteiger partial charge is 0.218 e. The third-order valence-corrected chi connectivity index (χ3v) is 6.22. The molecule has 0 saturated heterocycles. The molecule has 1 aromatic carbocycles. The molecule has 0 aliphatic carbocycles. The average Bonchev–Trinajstić information content (AvgIpc) is 3.50. The Morgan fingerprint density at radius 1 is 1.15 bits per heavy atom. The van der Waals surface area contributed by atoms with E-state index in [1.165, 1.54) is 22.9 Å². The van der Waals surface area contributed by atoms with Crippen LogP contribution in [0.1, 0.15) is 16.7 Å². The molecule has 0 bridgehead atoms. The molecule has 0 radical (unpaired) electrons. The number of fused-ring (bicyclic) bond motifs is 2. The second-order valence-electron chi connectivity index (χ2n) is 7.66. The fourth-order valence-corrected chi connectivity index (χ4v) is 4.55. The monoisotopic (exact) mass is 467 g/mol. The molecule has 1 aliphatic rings. The lowest BCUT2D eigenvalue weighted by molar-refractivity contribution is 0.244. The van der Waals surface area contributed by atoms with E-state index < -0.39 is 0 Å². The maximum absolute atomic E-state index is 5.50. The molecule has 33 heavy (non-hydrogen) atoms. The van der Waals surface area contributed by atoms with Gasteiger partial charge in [-0.15, -0.1) is 5.10 Å². The predicted molar refractivity (Wildman–Crippen MR) is 126 cm³/mol. The van der Waals surface area contributed by atoms with E-state index in [2.05, 4.69) is 38.1 Å². The van der Waals surface area contributed by atoms with Gasteiger partial charge in [0.1, 0.15) is 0 Å². The Balaban J connectivity index is 1.43. The number of hydrogen-bond donors (Lipinski definition) is 2. The summed E-state index contributed by atoms with van der Waals surface area (Å²) in [6, 6.07) is 7.91. The fraction of sp³-hybridized carbons (Fsp3) is 0.318. The average molecular weight is 468 g/mol. The first-order valence-corrected chi connectivity index (χ1v) is 11.7. The topological polar surface area (TPSA) is 102 Å². The quantitative estimate of drug-likeness (QED) is 0.227. The van der Waals surface area contributed by atoms with Crippen molar-refractivity contribution >= 4 is 28.8 Å². The fourth-order valence-electron chi connectivity index (χ4n) is 4.09. The van der Waals surface area contributed by atoms with Gasteiger partial charge in [-0.2, -0.15) is 4.52 Å². The number of nitrogens with one attached hydrogen (secondary N) is 2. The molecule has 2 N–H and O–H groups in total. The van der Waals surface area contributed by atoms with E-state index in [0.29, 0.717) is 18.1 Å². The molecule has 3 aromatic heterocycles. The van der Waals surface area contributed by atoms with Crippen LogP contribution >= 0.6 is 11.8 Å². The van der Waals surface area contributed by atoms with Gasteiger partial charge in [0.25, 0.3) is 0 Å². The first kappa shape index (κ1) is 21.7. The number of aromatic nitrogens is 4. The van der Waals surface area contributed by atoms with Crippen LogP contribution in [0.15, 0.2) is 46.3 Å². The minimum Gasteiger partial charge on any atom is -0.461 e. The lowest BCUT2D eigenvalue weighted by atomic mass is 9.97. The third kappa shape index (κ3) is 4.27. The molecule has 0 saturated carbocycles. The van der Waals surface area contributed by atoms with Gasteiger partial charge in [0, 0.05) is 31.4 Å². The molecule has 0 amide bonds. The molecule has 10 nitrogen and oxygen atoms in total. The van der Waals surface area contributed by atoms with Crippen molar-refractivity contribution in [2.24, 2.45) is 0 Å². The summed E-state index contributed by atoms with van der Waals surface area (Å²) in [6.45, 7) is 2.44. The largest absolute Gasteiger partial charge is 0.461 e. The van der Waals surface area contributed by atoms with Crippen LogP contribution in [0.3, 0.4) is 0 Å². The zero-order valence-electron chi connectivity index (χ0n) is 18.7. The highest BCUT2D eigenvalue weighted by atomic mass is 32.2.